The van der Waals surface area contributed by atoms with E-state index in [2.05, 4.69) is 10.3 Å². The molecule has 0 fully saturated rings. The topological polar surface area (TPSA) is 45.1 Å². The van der Waals surface area contributed by atoms with Crippen LogP contribution in [0.15, 0.2) is 35.2 Å². The number of nitrogens with one attached hydrogen (secondary N) is 1. The van der Waals surface area contributed by atoms with Gasteiger partial charge in [-0.15, -0.1) is 11.3 Å². The Bertz CT molecular complexity index is 444. The van der Waals surface area contributed by atoms with Crippen molar-refractivity contribution < 1.29 is 5.11 Å². The largest absolute Gasteiger partial charge is 0.387 e. The zero-order valence-corrected chi connectivity index (χ0v) is 10.7. The molecule has 1 heterocycles. The summed E-state index contributed by atoms with van der Waals surface area (Å²) in [5, 5.41) is 15.7. The molecule has 0 aliphatic carbocycles. The second-order valence-electron chi connectivity index (χ2n) is 3.68. The molecule has 3 nitrogen and oxygen atoms in total. The number of hydrogen-bond donors (Lipinski definition) is 2. The molecule has 2 N–H and O–H groups in total. The summed E-state index contributed by atoms with van der Waals surface area (Å²) in [7, 11) is 0. The van der Waals surface area contributed by atoms with Gasteiger partial charge in [-0.3, -0.25) is 0 Å². The van der Waals surface area contributed by atoms with Crippen LogP contribution in [0.3, 0.4) is 0 Å². The van der Waals surface area contributed by atoms with Gasteiger partial charge in [0, 0.05) is 23.5 Å². The second-order valence-corrected chi connectivity index (χ2v) is 4.83. The Morgan fingerprint density at radius 3 is 2.76 bits per heavy atom. The number of hydrogen-bond acceptors (Lipinski definition) is 4. The van der Waals surface area contributed by atoms with E-state index in [0.717, 1.165) is 11.3 Å². The zero-order valence-electron chi connectivity index (χ0n) is 9.14. The number of aromatic nitrogens is 1. The van der Waals surface area contributed by atoms with Crippen molar-refractivity contribution in [2.75, 3.05) is 6.54 Å². The van der Waals surface area contributed by atoms with E-state index in [0.29, 0.717) is 18.1 Å². The van der Waals surface area contributed by atoms with Crippen molar-refractivity contribution in [3.05, 3.63) is 51.4 Å². The van der Waals surface area contributed by atoms with Crippen LogP contribution in [-0.4, -0.2) is 16.6 Å². The van der Waals surface area contributed by atoms with E-state index in [1.807, 2.05) is 17.5 Å². The first-order chi connectivity index (χ1) is 8.25. The highest BCUT2D eigenvalue weighted by atomic mass is 35.5. The summed E-state index contributed by atoms with van der Waals surface area (Å²) >= 11 is 7.35. The molecule has 2 rings (SSSR count). The van der Waals surface area contributed by atoms with E-state index in [4.69, 9.17) is 11.6 Å². The summed E-state index contributed by atoms with van der Waals surface area (Å²) in [6.07, 6.45) is -0.522. The Hall–Kier alpha value is -0.940. The summed E-state index contributed by atoms with van der Waals surface area (Å²) in [6.45, 7) is 1.17. The zero-order chi connectivity index (χ0) is 12.1. The molecule has 0 aliphatic rings. The Kier molecular flexibility index (Phi) is 4.50. The van der Waals surface area contributed by atoms with Gasteiger partial charge in [0.25, 0.3) is 0 Å². The summed E-state index contributed by atoms with van der Waals surface area (Å²) in [5.74, 6) is 0. The fourth-order valence-corrected chi connectivity index (χ4v) is 2.15. The molecule has 0 spiro atoms. The number of halogens is 1. The molecule has 1 aromatic carbocycles. The van der Waals surface area contributed by atoms with E-state index in [-0.39, 0.29) is 0 Å². The fourth-order valence-electron chi connectivity index (χ4n) is 1.46. The molecule has 1 unspecified atom stereocenters. The average molecular weight is 269 g/mol. The SMILES string of the molecule is OC(CNCc1cscn1)c1ccc(Cl)cc1. The van der Waals surface area contributed by atoms with Gasteiger partial charge in [0.2, 0.25) is 0 Å². The molecule has 0 bridgehead atoms. The Morgan fingerprint density at radius 1 is 1.35 bits per heavy atom. The Morgan fingerprint density at radius 2 is 2.12 bits per heavy atom. The lowest BCUT2D eigenvalue weighted by molar-refractivity contribution is 0.174. The van der Waals surface area contributed by atoms with E-state index in [1.165, 1.54) is 0 Å². The Labute approximate surface area is 109 Å². The maximum atomic E-state index is 9.92. The fraction of sp³-hybridized carbons (Fsp3) is 0.250. The molecule has 0 saturated carbocycles. The molecule has 17 heavy (non-hydrogen) atoms. The van der Waals surface area contributed by atoms with E-state index >= 15 is 0 Å². The van der Waals surface area contributed by atoms with Gasteiger partial charge in [-0.25, -0.2) is 4.98 Å². The van der Waals surface area contributed by atoms with Crippen molar-refractivity contribution in [2.45, 2.75) is 12.6 Å². The normalized spacial score (nSPS) is 12.6. The van der Waals surface area contributed by atoms with E-state index < -0.39 is 6.10 Å². The third-order valence-electron chi connectivity index (χ3n) is 2.38. The van der Waals surface area contributed by atoms with Crippen LogP contribution in [0.25, 0.3) is 0 Å². The van der Waals surface area contributed by atoms with Crippen LogP contribution in [0, 0.1) is 0 Å². The van der Waals surface area contributed by atoms with E-state index in [1.54, 1.807) is 29.0 Å². The van der Waals surface area contributed by atoms with Crippen molar-refractivity contribution in [1.29, 1.82) is 0 Å². The number of aliphatic hydroxyl groups excluding tert-OH is 1. The van der Waals surface area contributed by atoms with Gasteiger partial charge in [-0.1, -0.05) is 23.7 Å². The van der Waals surface area contributed by atoms with Crippen LogP contribution in [0.2, 0.25) is 5.02 Å². The first-order valence-electron chi connectivity index (χ1n) is 5.27. The van der Waals surface area contributed by atoms with E-state index in [9.17, 15) is 5.11 Å². The minimum atomic E-state index is -0.522. The van der Waals surface area contributed by atoms with Crippen molar-refractivity contribution >= 4 is 22.9 Å². The van der Waals surface area contributed by atoms with Gasteiger partial charge in [-0.05, 0) is 17.7 Å². The van der Waals surface area contributed by atoms with Gasteiger partial charge in [0.05, 0.1) is 17.3 Å². The van der Waals surface area contributed by atoms with Crippen LogP contribution in [-0.2, 0) is 6.54 Å². The lowest BCUT2D eigenvalue weighted by atomic mass is 10.1. The second kappa shape index (κ2) is 6.12. The smallest absolute Gasteiger partial charge is 0.0914 e. The van der Waals surface area contributed by atoms with Crippen molar-refractivity contribution in [1.82, 2.24) is 10.3 Å². The minimum absolute atomic E-state index is 0.499. The number of thiazole rings is 1. The highest BCUT2D eigenvalue weighted by Gasteiger charge is 2.06. The molecule has 2 aromatic rings. The summed E-state index contributed by atoms with van der Waals surface area (Å²) < 4.78 is 0. The standard InChI is InChI=1S/C12H13ClN2OS/c13-10-3-1-9(2-4-10)12(16)6-14-5-11-7-17-8-15-11/h1-4,7-8,12,14,16H,5-6H2. The third kappa shape index (κ3) is 3.78. The molecule has 0 aliphatic heterocycles. The highest BCUT2D eigenvalue weighted by Crippen LogP contribution is 2.15. The number of nitrogens with zero attached hydrogens (tertiary/aromatic N) is 1. The predicted molar refractivity (Wildman–Crippen MR) is 70.2 cm³/mol. The van der Waals surface area contributed by atoms with Gasteiger partial charge in [0.1, 0.15) is 0 Å². The summed E-state index contributed by atoms with van der Waals surface area (Å²) in [4.78, 5) is 4.15. The lowest BCUT2D eigenvalue weighted by Gasteiger charge is -2.11. The van der Waals surface area contributed by atoms with Crippen molar-refractivity contribution in [3.63, 3.8) is 0 Å². The van der Waals surface area contributed by atoms with Gasteiger partial charge in [0.15, 0.2) is 0 Å². The van der Waals surface area contributed by atoms with Gasteiger partial charge < -0.3 is 10.4 Å². The van der Waals surface area contributed by atoms with Crippen LogP contribution >= 0.6 is 22.9 Å². The molecule has 5 heteroatoms. The van der Waals surface area contributed by atoms with Gasteiger partial charge in [-0.2, -0.15) is 0 Å². The maximum absolute atomic E-state index is 9.92. The third-order valence-corrected chi connectivity index (χ3v) is 3.27. The highest BCUT2D eigenvalue weighted by molar-refractivity contribution is 7.07. The molecular weight excluding hydrogens is 256 g/mol. The first-order valence-corrected chi connectivity index (χ1v) is 6.59. The molecule has 0 amide bonds. The van der Waals surface area contributed by atoms with Crippen molar-refractivity contribution in [2.24, 2.45) is 0 Å². The predicted octanol–water partition coefficient (Wildman–Crippen LogP) is 2.62. The van der Waals surface area contributed by atoms with Crippen LogP contribution in [0.4, 0.5) is 0 Å². The molecule has 0 radical (unpaired) electrons. The maximum Gasteiger partial charge on any atom is 0.0914 e. The van der Waals surface area contributed by atoms with Crippen LogP contribution in [0.5, 0.6) is 0 Å². The summed E-state index contributed by atoms with van der Waals surface area (Å²) in [5.41, 5.74) is 3.66. The molecule has 1 atom stereocenters. The molecular formula is C12H13ClN2OS. The minimum Gasteiger partial charge on any atom is -0.387 e. The van der Waals surface area contributed by atoms with Crippen LogP contribution in [0.1, 0.15) is 17.4 Å². The monoisotopic (exact) mass is 268 g/mol. The number of rotatable bonds is 5. The quantitative estimate of drug-likeness (QED) is 0.876. The van der Waals surface area contributed by atoms with Crippen LogP contribution < -0.4 is 5.32 Å². The number of benzene rings is 1. The average Bonchev–Trinajstić information content (AvgIpc) is 2.83. The van der Waals surface area contributed by atoms with Crippen molar-refractivity contribution in [3.8, 4) is 0 Å². The molecule has 0 saturated heterocycles. The Balaban J connectivity index is 1.81. The molecule has 90 valence electrons. The first kappa shape index (κ1) is 12.5. The van der Waals surface area contributed by atoms with Gasteiger partial charge >= 0.3 is 0 Å². The number of aliphatic hydroxyl groups is 1. The lowest BCUT2D eigenvalue weighted by Crippen LogP contribution is -2.21. The molecule has 1 aromatic heterocycles. The summed E-state index contributed by atoms with van der Waals surface area (Å²) in [6, 6.07) is 7.22.